The van der Waals surface area contributed by atoms with Crippen LogP contribution in [0.1, 0.15) is 23.0 Å². The van der Waals surface area contributed by atoms with Crippen molar-refractivity contribution in [1.29, 1.82) is 0 Å². The van der Waals surface area contributed by atoms with Gasteiger partial charge >= 0.3 is 0 Å². The van der Waals surface area contributed by atoms with Gasteiger partial charge in [-0.3, -0.25) is 9.78 Å². The molecule has 0 bridgehead atoms. The van der Waals surface area contributed by atoms with Gasteiger partial charge in [-0.25, -0.2) is 0 Å². The van der Waals surface area contributed by atoms with Crippen LogP contribution in [0.25, 0.3) is 10.9 Å². The second-order valence-corrected chi connectivity index (χ2v) is 5.14. The van der Waals surface area contributed by atoms with E-state index in [-0.39, 0.29) is 5.91 Å². The Balaban J connectivity index is 2.50. The Kier molecular flexibility index (Phi) is 4.29. The van der Waals surface area contributed by atoms with Gasteiger partial charge in [-0.05, 0) is 26.0 Å². The van der Waals surface area contributed by atoms with Gasteiger partial charge in [0, 0.05) is 17.6 Å². The summed E-state index contributed by atoms with van der Waals surface area (Å²) in [5, 5.41) is 0.851. The third kappa shape index (κ3) is 2.93. The van der Waals surface area contributed by atoms with Gasteiger partial charge < -0.3 is 10.6 Å². The molecule has 0 aliphatic rings. The number of fused-ring (bicyclic) bond motifs is 1. The van der Waals surface area contributed by atoms with Gasteiger partial charge in [0.15, 0.2) is 0 Å². The van der Waals surface area contributed by atoms with E-state index in [1.54, 1.807) is 4.90 Å². The van der Waals surface area contributed by atoms with Crippen LogP contribution in [-0.4, -0.2) is 33.9 Å². The monoisotopic (exact) mass is 287 g/mol. The van der Waals surface area contributed by atoms with Crippen LogP contribution < -0.4 is 5.73 Å². The molecule has 2 N–H and O–H groups in total. The fraction of sp³-hybridized carbons (Fsp3) is 0.267. The van der Waals surface area contributed by atoms with E-state index < -0.39 is 0 Å². The molecule has 0 spiro atoms. The molecule has 0 fully saturated rings. The van der Waals surface area contributed by atoms with Crippen LogP contribution >= 0.6 is 12.2 Å². The van der Waals surface area contributed by atoms with Crippen LogP contribution in [0.2, 0.25) is 0 Å². The molecule has 1 heterocycles. The molecular formula is C15H17N3OS. The van der Waals surface area contributed by atoms with Gasteiger partial charge in [0.05, 0.1) is 22.6 Å². The number of carbonyl (C=O) groups is 1. The van der Waals surface area contributed by atoms with E-state index in [1.807, 2.05) is 44.2 Å². The Morgan fingerprint density at radius 3 is 2.75 bits per heavy atom. The van der Waals surface area contributed by atoms with Gasteiger partial charge in [0.25, 0.3) is 5.91 Å². The van der Waals surface area contributed by atoms with E-state index in [4.69, 9.17) is 18.0 Å². The van der Waals surface area contributed by atoms with Crippen molar-refractivity contribution in [3.05, 3.63) is 41.6 Å². The summed E-state index contributed by atoms with van der Waals surface area (Å²) in [5.41, 5.74) is 7.84. The first-order valence-electron chi connectivity index (χ1n) is 6.47. The average molecular weight is 287 g/mol. The van der Waals surface area contributed by atoms with Crippen molar-refractivity contribution in [1.82, 2.24) is 9.88 Å². The van der Waals surface area contributed by atoms with E-state index in [9.17, 15) is 4.79 Å². The highest BCUT2D eigenvalue weighted by molar-refractivity contribution is 7.80. The van der Waals surface area contributed by atoms with Crippen molar-refractivity contribution in [3.8, 4) is 0 Å². The minimum Gasteiger partial charge on any atom is -0.392 e. The molecule has 0 aliphatic carbocycles. The summed E-state index contributed by atoms with van der Waals surface area (Å²) in [5.74, 6) is -0.0676. The van der Waals surface area contributed by atoms with Crippen LogP contribution in [0.15, 0.2) is 30.3 Å². The lowest BCUT2D eigenvalue weighted by Crippen LogP contribution is -2.37. The standard InChI is InChI=1S/C15H17N3OS/c1-3-18(9-14(16)20)15(19)12-8-10(2)17-13-7-5-4-6-11(12)13/h4-8H,3,9H2,1-2H3,(H2,16,20). The minimum absolute atomic E-state index is 0.0676. The molecule has 2 rings (SSSR count). The van der Waals surface area contributed by atoms with Crippen LogP contribution in [0.5, 0.6) is 0 Å². The van der Waals surface area contributed by atoms with Gasteiger partial charge in [-0.2, -0.15) is 0 Å². The van der Waals surface area contributed by atoms with E-state index in [1.165, 1.54) is 0 Å². The van der Waals surface area contributed by atoms with Crippen LogP contribution in [-0.2, 0) is 0 Å². The molecule has 2 aromatic rings. The van der Waals surface area contributed by atoms with Crippen molar-refractivity contribution in [2.24, 2.45) is 5.73 Å². The van der Waals surface area contributed by atoms with Gasteiger partial charge in [0.1, 0.15) is 0 Å². The summed E-state index contributed by atoms with van der Waals surface area (Å²) in [6.07, 6.45) is 0. The predicted octanol–water partition coefficient (Wildman–Crippen LogP) is 2.29. The molecule has 4 nitrogen and oxygen atoms in total. The smallest absolute Gasteiger partial charge is 0.254 e. The number of aromatic nitrogens is 1. The zero-order valence-corrected chi connectivity index (χ0v) is 12.4. The highest BCUT2D eigenvalue weighted by Gasteiger charge is 2.18. The lowest BCUT2D eigenvalue weighted by Gasteiger charge is -2.21. The maximum Gasteiger partial charge on any atom is 0.254 e. The topological polar surface area (TPSA) is 59.2 Å². The number of hydrogen-bond acceptors (Lipinski definition) is 3. The van der Waals surface area contributed by atoms with Crippen molar-refractivity contribution < 1.29 is 4.79 Å². The maximum absolute atomic E-state index is 12.7. The molecule has 0 saturated heterocycles. The predicted molar refractivity (Wildman–Crippen MR) is 84.8 cm³/mol. The number of pyridine rings is 1. The number of benzene rings is 1. The zero-order chi connectivity index (χ0) is 14.7. The normalized spacial score (nSPS) is 10.5. The Hall–Kier alpha value is -2.01. The molecule has 0 atom stereocenters. The Morgan fingerprint density at radius 2 is 2.10 bits per heavy atom. The van der Waals surface area contributed by atoms with E-state index >= 15 is 0 Å². The van der Waals surface area contributed by atoms with Crippen molar-refractivity contribution in [2.45, 2.75) is 13.8 Å². The Morgan fingerprint density at radius 1 is 1.40 bits per heavy atom. The van der Waals surface area contributed by atoms with Crippen molar-refractivity contribution >= 4 is 34.0 Å². The molecule has 0 aliphatic heterocycles. The fourth-order valence-corrected chi connectivity index (χ4v) is 2.33. The quantitative estimate of drug-likeness (QED) is 0.877. The lowest BCUT2D eigenvalue weighted by molar-refractivity contribution is 0.0789. The van der Waals surface area contributed by atoms with E-state index in [0.29, 0.717) is 23.6 Å². The summed E-state index contributed by atoms with van der Waals surface area (Å²) in [6.45, 7) is 4.64. The molecule has 0 unspecified atom stereocenters. The Labute approximate surface area is 123 Å². The number of thiocarbonyl (C=S) groups is 1. The molecule has 0 radical (unpaired) electrons. The van der Waals surface area contributed by atoms with Crippen molar-refractivity contribution in [2.75, 3.05) is 13.1 Å². The summed E-state index contributed by atoms with van der Waals surface area (Å²) < 4.78 is 0. The zero-order valence-electron chi connectivity index (χ0n) is 11.6. The maximum atomic E-state index is 12.7. The average Bonchev–Trinajstić information content (AvgIpc) is 2.42. The first-order chi connectivity index (χ1) is 9.52. The number of nitrogens with two attached hydrogens (primary N) is 1. The molecular weight excluding hydrogens is 270 g/mol. The molecule has 1 amide bonds. The summed E-state index contributed by atoms with van der Waals surface area (Å²) in [4.78, 5) is 19.1. The largest absolute Gasteiger partial charge is 0.392 e. The number of nitrogens with zero attached hydrogens (tertiary/aromatic N) is 2. The molecule has 104 valence electrons. The molecule has 5 heteroatoms. The molecule has 1 aromatic carbocycles. The minimum atomic E-state index is -0.0676. The number of carbonyl (C=O) groups excluding carboxylic acids is 1. The number of aryl methyl sites for hydroxylation is 1. The Bertz CT molecular complexity index is 669. The van der Waals surface area contributed by atoms with Crippen LogP contribution in [0.4, 0.5) is 0 Å². The lowest BCUT2D eigenvalue weighted by atomic mass is 10.1. The van der Waals surface area contributed by atoms with Gasteiger partial charge in [-0.1, -0.05) is 30.4 Å². The molecule has 20 heavy (non-hydrogen) atoms. The van der Waals surface area contributed by atoms with Crippen LogP contribution in [0, 0.1) is 6.92 Å². The third-order valence-electron chi connectivity index (χ3n) is 3.09. The SMILES string of the molecule is CCN(CC(N)=S)C(=O)c1cc(C)nc2ccccc12. The van der Waals surface area contributed by atoms with Gasteiger partial charge in [0.2, 0.25) is 0 Å². The third-order valence-corrected chi connectivity index (χ3v) is 3.22. The number of hydrogen-bond donors (Lipinski definition) is 1. The van der Waals surface area contributed by atoms with E-state index in [0.717, 1.165) is 16.6 Å². The summed E-state index contributed by atoms with van der Waals surface area (Å²) >= 11 is 4.90. The number of likely N-dealkylation sites (N-methyl/N-ethyl adjacent to an activating group) is 1. The fourth-order valence-electron chi connectivity index (χ4n) is 2.17. The second-order valence-electron chi connectivity index (χ2n) is 4.61. The first-order valence-corrected chi connectivity index (χ1v) is 6.87. The molecule has 1 aromatic heterocycles. The first kappa shape index (κ1) is 14.4. The number of para-hydroxylation sites is 1. The number of amides is 1. The molecule has 0 saturated carbocycles. The second kappa shape index (κ2) is 5.96. The summed E-state index contributed by atoms with van der Waals surface area (Å²) in [6, 6.07) is 9.44. The van der Waals surface area contributed by atoms with Crippen LogP contribution in [0.3, 0.4) is 0 Å². The van der Waals surface area contributed by atoms with E-state index in [2.05, 4.69) is 4.98 Å². The number of rotatable bonds is 4. The van der Waals surface area contributed by atoms with Gasteiger partial charge in [-0.15, -0.1) is 0 Å². The highest BCUT2D eigenvalue weighted by Crippen LogP contribution is 2.19. The highest BCUT2D eigenvalue weighted by atomic mass is 32.1. The van der Waals surface area contributed by atoms with Crippen molar-refractivity contribution in [3.63, 3.8) is 0 Å². The summed E-state index contributed by atoms with van der Waals surface area (Å²) in [7, 11) is 0.